The van der Waals surface area contributed by atoms with Crippen molar-refractivity contribution in [2.75, 3.05) is 39.9 Å². The molecule has 0 aliphatic carbocycles. The van der Waals surface area contributed by atoms with Crippen LogP contribution in [0.15, 0.2) is 12.1 Å². The average molecular weight is 325 g/mol. The largest absolute Gasteiger partial charge is 0.486 e. The van der Waals surface area contributed by atoms with E-state index >= 15 is 0 Å². The summed E-state index contributed by atoms with van der Waals surface area (Å²) < 4.78 is 11.1. The van der Waals surface area contributed by atoms with Crippen LogP contribution in [-0.4, -0.2) is 61.6 Å². The van der Waals surface area contributed by atoms with Crippen LogP contribution >= 0.6 is 11.6 Å². The molecule has 1 atom stereocenters. The molecule has 2 aliphatic rings. The highest BCUT2D eigenvalue weighted by atomic mass is 35.5. The maximum absolute atomic E-state index is 12.6. The number of halogens is 1. The Morgan fingerprint density at radius 1 is 1.32 bits per heavy atom. The van der Waals surface area contributed by atoms with E-state index in [1.165, 1.54) is 0 Å². The summed E-state index contributed by atoms with van der Waals surface area (Å²) in [7, 11) is 2.08. The number of fused-ring (bicyclic) bond motifs is 1. The molecule has 120 valence electrons. The molecule has 22 heavy (non-hydrogen) atoms. The van der Waals surface area contributed by atoms with E-state index in [4.69, 9.17) is 21.1 Å². The predicted molar refractivity (Wildman–Crippen MR) is 84.8 cm³/mol. The summed E-state index contributed by atoms with van der Waals surface area (Å²) >= 11 is 6.23. The number of rotatable bonds is 2. The molecule has 3 rings (SSSR count). The van der Waals surface area contributed by atoms with Crippen molar-refractivity contribution in [3.63, 3.8) is 0 Å². The standard InChI is InChI=1S/C16H21ClN2O3/c1-11-10-18(2)3-4-19(11)15(20)9-12-7-13(17)16-14(8-12)21-5-6-22-16/h7-8,11H,3-6,9-10H2,1-2H3/t11-/m0/s1. The lowest BCUT2D eigenvalue weighted by atomic mass is 10.1. The molecule has 0 unspecified atom stereocenters. The average Bonchev–Trinajstić information content (AvgIpc) is 2.47. The smallest absolute Gasteiger partial charge is 0.227 e. The summed E-state index contributed by atoms with van der Waals surface area (Å²) in [5.41, 5.74) is 0.866. The molecule has 5 nitrogen and oxygen atoms in total. The molecule has 0 aromatic heterocycles. The highest BCUT2D eigenvalue weighted by Crippen LogP contribution is 2.38. The Labute approximate surface area is 135 Å². The third-order valence-electron chi connectivity index (χ3n) is 4.16. The van der Waals surface area contributed by atoms with E-state index in [0.717, 1.165) is 25.2 Å². The van der Waals surface area contributed by atoms with Crippen LogP contribution < -0.4 is 9.47 Å². The lowest BCUT2D eigenvalue weighted by molar-refractivity contribution is -0.134. The van der Waals surface area contributed by atoms with E-state index in [1.54, 1.807) is 6.07 Å². The Balaban J connectivity index is 1.73. The number of piperazine rings is 1. The van der Waals surface area contributed by atoms with Crippen LogP contribution in [0.1, 0.15) is 12.5 Å². The summed E-state index contributed by atoms with van der Waals surface area (Å²) in [5.74, 6) is 1.35. The van der Waals surface area contributed by atoms with Crippen molar-refractivity contribution in [2.24, 2.45) is 0 Å². The van der Waals surface area contributed by atoms with Crippen LogP contribution in [0.2, 0.25) is 5.02 Å². The van der Waals surface area contributed by atoms with Gasteiger partial charge in [0.05, 0.1) is 11.4 Å². The second kappa shape index (κ2) is 6.34. The summed E-state index contributed by atoms with van der Waals surface area (Å²) in [6.45, 7) is 5.70. The molecule has 0 radical (unpaired) electrons. The number of carbonyl (C=O) groups excluding carboxylic acids is 1. The number of ether oxygens (including phenoxy) is 2. The van der Waals surface area contributed by atoms with Gasteiger partial charge < -0.3 is 19.3 Å². The topological polar surface area (TPSA) is 42.0 Å². The molecule has 2 heterocycles. The molecular formula is C16H21ClN2O3. The normalized spacial score (nSPS) is 21.8. The molecule has 1 aromatic carbocycles. The second-order valence-corrected chi connectivity index (χ2v) is 6.38. The maximum atomic E-state index is 12.6. The number of hydrogen-bond acceptors (Lipinski definition) is 4. The number of benzene rings is 1. The van der Waals surface area contributed by atoms with Crippen molar-refractivity contribution in [3.05, 3.63) is 22.7 Å². The van der Waals surface area contributed by atoms with Crippen molar-refractivity contribution in [1.29, 1.82) is 0 Å². The van der Waals surface area contributed by atoms with Gasteiger partial charge in [-0.2, -0.15) is 0 Å². The Morgan fingerprint density at radius 2 is 2.09 bits per heavy atom. The molecule has 0 saturated carbocycles. The zero-order chi connectivity index (χ0) is 15.7. The number of likely N-dealkylation sites (N-methyl/N-ethyl adjacent to an activating group) is 1. The quantitative estimate of drug-likeness (QED) is 0.832. The molecule has 2 aliphatic heterocycles. The van der Waals surface area contributed by atoms with Gasteiger partial charge in [0.15, 0.2) is 11.5 Å². The Bertz CT molecular complexity index is 579. The van der Waals surface area contributed by atoms with E-state index in [2.05, 4.69) is 18.9 Å². The van der Waals surface area contributed by atoms with Gasteiger partial charge in [-0.1, -0.05) is 11.6 Å². The first-order chi connectivity index (χ1) is 10.5. The van der Waals surface area contributed by atoms with Crippen LogP contribution in [0.5, 0.6) is 11.5 Å². The van der Waals surface area contributed by atoms with Crippen molar-refractivity contribution in [3.8, 4) is 11.5 Å². The zero-order valence-corrected chi connectivity index (χ0v) is 13.7. The van der Waals surface area contributed by atoms with E-state index in [9.17, 15) is 4.79 Å². The highest BCUT2D eigenvalue weighted by Gasteiger charge is 2.26. The van der Waals surface area contributed by atoms with Crippen LogP contribution in [0.25, 0.3) is 0 Å². The van der Waals surface area contributed by atoms with Crippen molar-refractivity contribution in [1.82, 2.24) is 9.80 Å². The van der Waals surface area contributed by atoms with Gasteiger partial charge in [-0.15, -0.1) is 0 Å². The van der Waals surface area contributed by atoms with Crippen molar-refractivity contribution < 1.29 is 14.3 Å². The van der Waals surface area contributed by atoms with Crippen LogP contribution in [0.3, 0.4) is 0 Å². The Hall–Kier alpha value is -1.46. The van der Waals surface area contributed by atoms with Crippen LogP contribution in [0.4, 0.5) is 0 Å². The van der Waals surface area contributed by atoms with Gasteiger partial charge in [-0.3, -0.25) is 4.79 Å². The predicted octanol–water partition coefficient (Wildman–Crippen LogP) is 1.82. The molecule has 1 aromatic rings. The lowest BCUT2D eigenvalue weighted by Crippen LogP contribution is -2.53. The zero-order valence-electron chi connectivity index (χ0n) is 13.0. The third-order valence-corrected chi connectivity index (χ3v) is 4.44. The fourth-order valence-electron chi connectivity index (χ4n) is 3.05. The maximum Gasteiger partial charge on any atom is 0.227 e. The molecule has 1 fully saturated rings. The van der Waals surface area contributed by atoms with Gasteiger partial charge in [0.25, 0.3) is 0 Å². The minimum atomic E-state index is 0.133. The molecule has 1 saturated heterocycles. The van der Waals surface area contributed by atoms with Gasteiger partial charge in [0.2, 0.25) is 5.91 Å². The number of hydrogen-bond donors (Lipinski definition) is 0. The summed E-state index contributed by atoms with van der Waals surface area (Å²) in [6.07, 6.45) is 0.338. The van der Waals surface area contributed by atoms with Gasteiger partial charge in [-0.05, 0) is 31.7 Å². The fourth-order valence-corrected chi connectivity index (χ4v) is 3.34. The Morgan fingerprint density at radius 3 is 2.86 bits per heavy atom. The fraction of sp³-hybridized carbons (Fsp3) is 0.562. The first kappa shape index (κ1) is 15.4. The molecule has 6 heteroatoms. The summed E-state index contributed by atoms with van der Waals surface area (Å²) in [5, 5.41) is 0.506. The Kier molecular flexibility index (Phi) is 4.45. The van der Waals surface area contributed by atoms with E-state index in [-0.39, 0.29) is 11.9 Å². The van der Waals surface area contributed by atoms with E-state index in [1.807, 2.05) is 11.0 Å². The van der Waals surface area contributed by atoms with Crippen molar-refractivity contribution >= 4 is 17.5 Å². The monoisotopic (exact) mass is 324 g/mol. The van der Waals surface area contributed by atoms with Crippen molar-refractivity contribution in [2.45, 2.75) is 19.4 Å². The highest BCUT2D eigenvalue weighted by molar-refractivity contribution is 6.32. The van der Waals surface area contributed by atoms with E-state index in [0.29, 0.717) is 36.2 Å². The summed E-state index contributed by atoms with van der Waals surface area (Å²) in [6, 6.07) is 3.89. The molecule has 1 amide bonds. The van der Waals surface area contributed by atoms with Crippen LogP contribution in [-0.2, 0) is 11.2 Å². The van der Waals surface area contributed by atoms with Gasteiger partial charge in [0.1, 0.15) is 13.2 Å². The molecule has 0 spiro atoms. The molecular weight excluding hydrogens is 304 g/mol. The molecule has 0 bridgehead atoms. The minimum Gasteiger partial charge on any atom is -0.486 e. The SMILES string of the molecule is C[C@H]1CN(C)CCN1C(=O)Cc1cc(Cl)c2c(c1)OCCO2. The lowest BCUT2D eigenvalue weighted by Gasteiger charge is -2.38. The molecule has 0 N–H and O–H groups in total. The number of amides is 1. The minimum absolute atomic E-state index is 0.133. The van der Waals surface area contributed by atoms with Gasteiger partial charge in [-0.25, -0.2) is 0 Å². The van der Waals surface area contributed by atoms with E-state index < -0.39 is 0 Å². The number of carbonyl (C=O) groups is 1. The summed E-state index contributed by atoms with van der Waals surface area (Å²) in [4.78, 5) is 16.8. The first-order valence-electron chi connectivity index (χ1n) is 7.60. The number of nitrogens with zero attached hydrogens (tertiary/aromatic N) is 2. The van der Waals surface area contributed by atoms with Gasteiger partial charge >= 0.3 is 0 Å². The third kappa shape index (κ3) is 3.15. The first-order valence-corrected chi connectivity index (χ1v) is 7.98. The second-order valence-electron chi connectivity index (χ2n) is 5.98. The van der Waals surface area contributed by atoms with Gasteiger partial charge in [0, 0.05) is 25.7 Å². The van der Waals surface area contributed by atoms with Crippen LogP contribution in [0, 0.1) is 0 Å².